The third kappa shape index (κ3) is 6.75. The van der Waals surface area contributed by atoms with Crippen molar-refractivity contribution in [3.8, 4) is 0 Å². The van der Waals surface area contributed by atoms with Gasteiger partial charge in [-0.05, 0) is 17.5 Å². The molecule has 4 nitrogen and oxygen atoms in total. The molecule has 2 N–H and O–H groups in total. The highest BCUT2D eigenvalue weighted by Crippen LogP contribution is 2.29. The lowest BCUT2D eigenvalue weighted by Gasteiger charge is -2.27. The largest absolute Gasteiger partial charge is 0.337 e. The maximum Gasteiger partial charge on any atom is 0.223 e. The number of nitrogens with zero attached hydrogens (tertiary/aromatic N) is 1. The van der Waals surface area contributed by atoms with Gasteiger partial charge in [0, 0.05) is 25.4 Å². The third-order valence-corrected chi connectivity index (χ3v) is 3.11. The Labute approximate surface area is 134 Å². The van der Waals surface area contributed by atoms with Crippen molar-refractivity contribution in [1.29, 1.82) is 0 Å². The minimum Gasteiger partial charge on any atom is -0.337 e. The molecule has 20 heavy (non-hydrogen) atoms. The quantitative estimate of drug-likeness (QED) is 0.619. The molecule has 0 fully saturated rings. The molecule has 0 aromatic carbocycles. The van der Waals surface area contributed by atoms with Crippen LogP contribution in [0.2, 0.25) is 0 Å². The van der Waals surface area contributed by atoms with E-state index in [1.807, 2.05) is 26.0 Å². The average molecular weight is 339 g/mol. The molecule has 1 aromatic rings. The summed E-state index contributed by atoms with van der Waals surface area (Å²) in [5.74, 6) is 0.0827. The molecule has 112 valence electrons. The van der Waals surface area contributed by atoms with Crippen molar-refractivity contribution in [2.75, 3.05) is 0 Å². The van der Waals surface area contributed by atoms with Crippen molar-refractivity contribution in [3.63, 3.8) is 0 Å². The lowest BCUT2D eigenvalue weighted by molar-refractivity contribution is -0.122. The maximum absolute atomic E-state index is 11.8. The summed E-state index contributed by atoms with van der Waals surface area (Å²) in [4.78, 5) is 15.8. The highest BCUT2D eigenvalue weighted by atomic mass is 35.6. The molecule has 1 heterocycles. The fourth-order valence-corrected chi connectivity index (χ4v) is 1.96. The van der Waals surface area contributed by atoms with Gasteiger partial charge in [-0.15, -0.1) is 0 Å². The van der Waals surface area contributed by atoms with E-state index in [4.69, 9.17) is 34.8 Å². The van der Waals surface area contributed by atoms with Crippen LogP contribution in [0.5, 0.6) is 0 Å². The fourth-order valence-electron chi connectivity index (χ4n) is 1.56. The van der Waals surface area contributed by atoms with Crippen molar-refractivity contribution in [3.05, 3.63) is 30.1 Å². The first-order valence-electron chi connectivity index (χ1n) is 6.27. The van der Waals surface area contributed by atoms with Gasteiger partial charge >= 0.3 is 0 Å². The molecule has 1 rings (SSSR count). The summed E-state index contributed by atoms with van der Waals surface area (Å²) in [6.45, 7) is 4.34. The summed E-state index contributed by atoms with van der Waals surface area (Å²) in [6, 6.07) is 3.71. The van der Waals surface area contributed by atoms with Crippen LogP contribution in [0.4, 0.5) is 0 Å². The second-order valence-electron chi connectivity index (χ2n) is 4.88. The minimum atomic E-state index is -1.63. The van der Waals surface area contributed by atoms with Gasteiger partial charge in [-0.3, -0.25) is 15.1 Å². The zero-order valence-corrected chi connectivity index (χ0v) is 13.6. The normalized spacial score (nSPS) is 13.3. The van der Waals surface area contributed by atoms with Crippen LogP contribution in [-0.2, 0) is 11.3 Å². The Hall–Kier alpha value is -0.550. The van der Waals surface area contributed by atoms with E-state index in [0.717, 1.165) is 5.56 Å². The monoisotopic (exact) mass is 337 g/mol. The average Bonchev–Trinajstić information content (AvgIpc) is 2.33. The number of pyridine rings is 1. The summed E-state index contributed by atoms with van der Waals surface area (Å²) in [7, 11) is 0. The van der Waals surface area contributed by atoms with E-state index in [2.05, 4.69) is 15.6 Å². The molecular formula is C13H18Cl3N3O. The number of nitrogens with one attached hydrogen (secondary N) is 2. The number of aromatic nitrogens is 1. The van der Waals surface area contributed by atoms with Gasteiger partial charge in [0.15, 0.2) is 0 Å². The summed E-state index contributed by atoms with van der Waals surface area (Å²) in [5.41, 5.74) is 0.935. The first-order valence-corrected chi connectivity index (χ1v) is 7.41. The lowest BCUT2D eigenvalue weighted by atomic mass is 10.1. The Kier molecular flexibility index (Phi) is 7.03. The number of amides is 1. The SMILES string of the molecule is CC(C)CC(=O)N[C@H](NCc1cccnc1)C(Cl)(Cl)Cl. The van der Waals surface area contributed by atoms with Gasteiger partial charge in [0.05, 0.1) is 0 Å². The smallest absolute Gasteiger partial charge is 0.223 e. The molecule has 0 bridgehead atoms. The highest BCUT2D eigenvalue weighted by molar-refractivity contribution is 6.68. The van der Waals surface area contributed by atoms with Gasteiger partial charge in [0.2, 0.25) is 9.70 Å². The van der Waals surface area contributed by atoms with Crippen LogP contribution in [0.15, 0.2) is 24.5 Å². The van der Waals surface area contributed by atoms with Crippen LogP contribution in [0, 0.1) is 5.92 Å². The molecule has 0 spiro atoms. The molecule has 0 aliphatic heterocycles. The zero-order chi connectivity index (χ0) is 15.2. The number of halogens is 3. The number of hydrogen-bond donors (Lipinski definition) is 2. The van der Waals surface area contributed by atoms with Gasteiger partial charge in [0.25, 0.3) is 0 Å². The number of alkyl halides is 3. The van der Waals surface area contributed by atoms with Crippen LogP contribution >= 0.6 is 34.8 Å². The maximum atomic E-state index is 11.8. The Bertz CT molecular complexity index is 421. The van der Waals surface area contributed by atoms with Crippen molar-refractivity contribution >= 4 is 40.7 Å². The molecule has 1 aromatic heterocycles. The van der Waals surface area contributed by atoms with E-state index in [1.165, 1.54) is 0 Å². The van der Waals surface area contributed by atoms with Crippen molar-refractivity contribution < 1.29 is 4.79 Å². The van der Waals surface area contributed by atoms with Gasteiger partial charge in [-0.1, -0.05) is 54.7 Å². The van der Waals surface area contributed by atoms with E-state index in [9.17, 15) is 4.79 Å². The molecule has 0 aliphatic carbocycles. The van der Waals surface area contributed by atoms with Crippen LogP contribution in [-0.4, -0.2) is 20.8 Å². The van der Waals surface area contributed by atoms with Crippen molar-refractivity contribution in [1.82, 2.24) is 15.6 Å². The van der Waals surface area contributed by atoms with Gasteiger partial charge in [-0.2, -0.15) is 0 Å². The van der Waals surface area contributed by atoms with Crippen LogP contribution in [0.25, 0.3) is 0 Å². The third-order valence-electron chi connectivity index (χ3n) is 2.46. The predicted octanol–water partition coefficient (Wildman–Crippen LogP) is 3.03. The second-order valence-corrected chi connectivity index (χ2v) is 7.25. The zero-order valence-electron chi connectivity index (χ0n) is 11.4. The Morgan fingerprint density at radius 3 is 2.60 bits per heavy atom. The van der Waals surface area contributed by atoms with Crippen molar-refractivity contribution in [2.24, 2.45) is 5.92 Å². The van der Waals surface area contributed by atoms with Gasteiger partial charge in [0.1, 0.15) is 6.17 Å². The molecule has 1 atom stereocenters. The first kappa shape index (κ1) is 17.5. The highest BCUT2D eigenvalue weighted by Gasteiger charge is 2.33. The number of carbonyl (C=O) groups excluding carboxylic acids is 1. The van der Waals surface area contributed by atoms with Crippen LogP contribution < -0.4 is 10.6 Å². The standard InChI is InChI=1S/C13H18Cl3N3O/c1-9(2)6-11(20)19-12(13(14,15)16)18-8-10-4-3-5-17-7-10/h3-5,7,9,12,18H,6,8H2,1-2H3,(H,19,20)/t12-/m0/s1. The fraction of sp³-hybridized carbons (Fsp3) is 0.538. The summed E-state index contributed by atoms with van der Waals surface area (Å²) in [5, 5.41) is 5.70. The molecule has 0 aliphatic rings. The van der Waals surface area contributed by atoms with Gasteiger partial charge < -0.3 is 5.32 Å². The molecule has 0 unspecified atom stereocenters. The van der Waals surface area contributed by atoms with Crippen molar-refractivity contribution in [2.45, 2.75) is 36.8 Å². The Morgan fingerprint density at radius 2 is 2.10 bits per heavy atom. The Balaban J connectivity index is 2.59. The number of rotatable bonds is 6. The van der Waals surface area contributed by atoms with Crippen LogP contribution in [0.3, 0.4) is 0 Å². The second kappa shape index (κ2) is 8.03. The van der Waals surface area contributed by atoms with E-state index in [-0.39, 0.29) is 11.8 Å². The van der Waals surface area contributed by atoms with E-state index in [0.29, 0.717) is 13.0 Å². The first-order chi connectivity index (χ1) is 9.29. The predicted molar refractivity (Wildman–Crippen MR) is 82.8 cm³/mol. The molecule has 1 amide bonds. The summed E-state index contributed by atoms with van der Waals surface area (Å²) >= 11 is 17.7. The lowest BCUT2D eigenvalue weighted by Crippen LogP contribution is -2.53. The van der Waals surface area contributed by atoms with E-state index >= 15 is 0 Å². The van der Waals surface area contributed by atoms with Crippen LogP contribution in [0.1, 0.15) is 25.8 Å². The summed E-state index contributed by atoms with van der Waals surface area (Å²) < 4.78 is -1.63. The summed E-state index contributed by atoms with van der Waals surface area (Å²) in [6.07, 6.45) is 3.00. The van der Waals surface area contributed by atoms with E-state index < -0.39 is 9.96 Å². The Morgan fingerprint density at radius 1 is 1.40 bits per heavy atom. The minimum absolute atomic E-state index is 0.157. The molecule has 0 saturated carbocycles. The van der Waals surface area contributed by atoms with Gasteiger partial charge in [-0.25, -0.2) is 0 Å². The number of carbonyl (C=O) groups is 1. The molecular weight excluding hydrogens is 321 g/mol. The van der Waals surface area contributed by atoms with E-state index in [1.54, 1.807) is 12.4 Å². The molecule has 0 saturated heterocycles. The number of hydrogen-bond acceptors (Lipinski definition) is 3. The molecule has 7 heteroatoms. The topological polar surface area (TPSA) is 54.0 Å². The molecule has 0 radical (unpaired) electrons.